The van der Waals surface area contributed by atoms with Crippen LogP contribution in [0.4, 0.5) is 0 Å². The van der Waals surface area contributed by atoms with Crippen LogP contribution in [0.25, 0.3) is 10.9 Å². The molecule has 0 spiro atoms. The molecule has 1 N–H and O–H groups in total. The van der Waals surface area contributed by atoms with Gasteiger partial charge in [-0.1, -0.05) is 41.9 Å². The maximum absolute atomic E-state index is 12.1. The maximum Gasteiger partial charge on any atom is 0.270 e. The van der Waals surface area contributed by atoms with Gasteiger partial charge in [-0.3, -0.25) is 9.78 Å². The van der Waals surface area contributed by atoms with Gasteiger partial charge in [0.15, 0.2) is 0 Å². The van der Waals surface area contributed by atoms with Crippen molar-refractivity contribution in [3.05, 3.63) is 71.1 Å². The van der Waals surface area contributed by atoms with Crippen LogP contribution in [0.3, 0.4) is 0 Å². The number of carbonyl (C=O) groups excluding carboxylic acids is 1. The highest BCUT2D eigenvalue weighted by atomic mass is 35.5. The molecular weight excluding hydrogens is 286 g/mol. The average molecular weight is 298 g/mol. The number of benzene rings is 1. The van der Waals surface area contributed by atoms with Crippen molar-refractivity contribution in [1.82, 2.24) is 15.3 Å². The molecule has 2 heterocycles. The van der Waals surface area contributed by atoms with Gasteiger partial charge in [-0.15, -0.1) is 0 Å². The molecule has 3 aromatic rings. The summed E-state index contributed by atoms with van der Waals surface area (Å²) in [6.45, 7) is 0.390. The van der Waals surface area contributed by atoms with Gasteiger partial charge < -0.3 is 5.32 Å². The Morgan fingerprint density at radius 2 is 1.90 bits per heavy atom. The number of carbonyl (C=O) groups is 1. The lowest BCUT2D eigenvalue weighted by Gasteiger charge is -2.07. The molecule has 5 heteroatoms. The van der Waals surface area contributed by atoms with E-state index >= 15 is 0 Å². The fourth-order valence-electron chi connectivity index (χ4n) is 2.11. The van der Waals surface area contributed by atoms with Crippen molar-refractivity contribution in [2.24, 2.45) is 0 Å². The summed E-state index contributed by atoms with van der Waals surface area (Å²) < 4.78 is 0. The Kier molecular flexibility index (Phi) is 3.79. The van der Waals surface area contributed by atoms with Crippen LogP contribution in [0.5, 0.6) is 0 Å². The van der Waals surface area contributed by atoms with E-state index in [1.807, 2.05) is 30.3 Å². The second kappa shape index (κ2) is 5.89. The van der Waals surface area contributed by atoms with E-state index in [0.717, 1.165) is 16.5 Å². The van der Waals surface area contributed by atoms with Crippen molar-refractivity contribution in [1.29, 1.82) is 0 Å². The van der Waals surface area contributed by atoms with Crippen LogP contribution in [0.15, 0.2) is 54.7 Å². The van der Waals surface area contributed by atoms with E-state index in [2.05, 4.69) is 15.3 Å². The molecule has 4 nitrogen and oxygen atoms in total. The van der Waals surface area contributed by atoms with E-state index in [0.29, 0.717) is 17.4 Å². The van der Waals surface area contributed by atoms with E-state index in [4.69, 9.17) is 11.6 Å². The fourth-order valence-corrected chi connectivity index (χ4v) is 2.27. The first-order valence-corrected chi connectivity index (χ1v) is 6.85. The number of halogens is 1. The zero-order valence-corrected chi connectivity index (χ0v) is 11.8. The SMILES string of the molecule is O=C(NCc1cccc2cccnc12)c1cccc(Cl)n1. The second-order valence-corrected chi connectivity index (χ2v) is 4.91. The molecule has 0 saturated carbocycles. The Morgan fingerprint density at radius 3 is 2.76 bits per heavy atom. The molecule has 104 valence electrons. The van der Waals surface area contributed by atoms with E-state index in [9.17, 15) is 4.79 Å². The molecule has 21 heavy (non-hydrogen) atoms. The Morgan fingerprint density at radius 1 is 1.10 bits per heavy atom. The quantitative estimate of drug-likeness (QED) is 0.755. The summed E-state index contributed by atoms with van der Waals surface area (Å²) in [4.78, 5) is 20.4. The molecule has 0 unspecified atom stereocenters. The monoisotopic (exact) mass is 297 g/mol. The first-order valence-electron chi connectivity index (χ1n) is 6.47. The number of aromatic nitrogens is 2. The van der Waals surface area contributed by atoms with Gasteiger partial charge in [0, 0.05) is 18.1 Å². The van der Waals surface area contributed by atoms with E-state index < -0.39 is 0 Å². The van der Waals surface area contributed by atoms with Crippen molar-refractivity contribution < 1.29 is 4.79 Å². The van der Waals surface area contributed by atoms with Crippen LogP contribution in [0.1, 0.15) is 16.1 Å². The highest BCUT2D eigenvalue weighted by Crippen LogP contribution is 2.15. The minimum atomic E-state index is -0.259. The molecule has 0 aliphatic carbocycles. The predicted molar refractivity (Wildman–Crippen MR) is 82.2 cm³/mol. The van der Waals surface area contributed by atoms with Crippen LogP contribution in [-0.2, 0) is 6.54 Å². The average Bonchev–Trinajstić information content (AvgIpc) is 2.52. The number of fused-ring (bicyclic) bond motifs is 1. The minimum Gasteiger partial charge on any atom is -0.347 e. The second-order valence-electron chi connectivity index (χ2n) is 4.52. The van der Waals surface area contributed by atoms with Gasteiger partial charge in [0.1, 0.15) is 10.8 Å². The zero-order chi connectivity index (χ0) is 14.7. The highest BCUT2D eigenvalue weighted by molar-refractivity contribution is 6.29. The molecule has 0 aliphatic heterocycles. The maximum atomic E-state index is 12.1. The summed E-state index contributed by atoms with van der Waals surface area (Å²) in [6, 6.07) is 14.7. The topological polar surface area (TPSA) is 54.9 Å². The number of hydrogen-bond acceptors (Lipinski definition) is 3. The number of para-hydroxylation sites is 1. The van der Waals surface area contributed by atoms with Crippen molar-refractivity contribution in [3.63, 3.8) is 0 Å². The first-order chi connectivity index (χ1) is 10.2. The highest BCUT2D eigenvalue weighted by Gasteiger charge is 2.08. The number of amides is 1. The number of pyridine rings is 2. The van der Waals surface area contributed by atoms with Crippen LogP contribution >= 0.6 is 11.6 Å². The molecule has 1 aromatic carbocycles. The Labute approximate surface area is 126 Å². The number of nitrogens with zero attached hydrogens (tertiary/aromatic N) is 2. The molecule has 0 radical (unpaired) electrons. The standard InChI is InChI=1S/C16H12ClN3O/c17-14-8-2-7-13(20-14)16(21)19-10-12-5-1-4-11-6-3-9-18-15(11)12/h1-9H,10H2,(H,19,21). The van der Waals surface area contributed by atoms with Crippen LogP contribution in [0, 0.1) is 0 Å². The molecule has 1 amide bonds. The summed E-state index contributed by atoms with van der Waals surface area (Å²) in [6.07, 6.45) is 1.74. The van der Waals surface area contributed by atoms with Crippen molar-refractivity contribution in [2.45, 2.75) is 6.54 Å². The molecule has 0 atom stereocenters. The van der Waals surface area contributed by atoms with E-state index in [1.165, 1.54) is 0 Å². The number of nitrogens with one attached hydrogen (secondary N) is 1. The lowest BCUT2D eigenvalue weighted by molar-refractivity contribution is 0.0946. The van der Waals surface area contributed by atoms with Crippen LogP contribution in [0.2, 0.25) is 5.15 Å². The van der Waals surface area contributed by atoms with Crippen molar-refractivity contribution >= 4 is 28.4 Å². The van der Waals surface area contributed by atoms with Gasteiger partial charge in [-0.25, -0.2) is 4.98 Å². The van der Waals surface area contributed by atoms with Gasteiger partial charge in [-0.2, -0.15) is 0 Å². The smallest absolute Gasteiger partial charge is 0.270 e. The third-order valence-corrected chi connectivity index (χ3v) is 3.31. The largest absolute Gasteiger partial charge is 0.347 e. The van der Waals surface area contributed by atoms with Gasteiger partial charge >= 0.3 is 0 Å². The summed E-state index contributed by atoms with van der Waals surface area (Å²) in [5.74, 6) is -0.259. The molecule has 3 rings (SSSR count). The normalized spacial score (nSPS) is 10.5. The van der Waals surface area contributed by atoms with E-state index in [-0.39, 0.29) is 5.91 Å². The zero-order valence-electron chi connectivity index (χ0n) is 11.1. The van der Waals surface area contributed by atoms with Crippen LogP contribution < -0.4 is 5.32 Å². The summed E-state index contributed by atoms with van der Waals surface area (Å²) >= 11 is 5.78. The summed E-state index contributed by atoms with van der Waals surface area (Å²) in [5, 5.41) is 4.18. The Bertz CT molecular complexity index is 799. The molecule has 0 aliphatic rings. The molecule has 0 bridgehead atoms. The van der Waals surface area contributed by atoms with Gasteiger partial charge in [-0.05, 0) is 23.8 Å². The number of rotatable bonds is 3. The van der Waals surface area contributed by atoms with Crippen molar-refractivity contribution in [3.8, 4) is 0 Å². The third-order valence-electron chi connectivity index (χ3n) is 3.10. The van der Waals surface area contributed by atoms with E-state index in [1.54, 1.807) is 24.4 Å². The number of hydrogen-bond donors (Lipinski definition) is 1. The molecular formula is C16H12ClN3O. The Balaban J connectivity index is 1.79. The van der Waals surface area contributed by atoms with Gasteiger partial charge in [0.05, 0.1) is 5.52 Å². The molecule has 0 saturated heterocycles. The summed E-state index contributed by atoms with van der Waals surface area (Å²) in [5.41, 5.74) is 2.15. The lowest BCUT2D eigenvalue weighted by atomic mass is 10.1. The fraction of sp³-hybridized carbons (Fsp3) is 0.0625. The summed E-state index contributed by atoms with van der Waals surface area (Å²) in [7, 11) is 0. The van der Waals surface area contributed by atoms with Gasteiger partial charge in [0.2, 0.25) is 0 Å². The third kappa shape index (κ3) is 3.01. The molecule has 0 fully saturated rings. The van der Waals surface area contributed by atoms with Crippen LogP contribution in [-0.4, -0.2) is 15.9 Å². The Hall–Kier alpha value is -2.46. The first kappa shape index (κ1) is 13.5. The predicted octanol–water partition coefficient (Wildman–Crippen LogP) is 3.21. The minimum absolute atomic E-state index is 0.259. The van der Waals surface area contributed by atoms with Crippen molar-refractivity contribution in [2.75, 3.05) is 0 Å². The molecule has 2 aromatic heterocycles. The lowest BCUT2D eigenvalue weighted by Crippen LogP contribution is -2.24. The van der Waals surface area contributed by atoms with Gasteiger partial charge in [0.25, 0.3) is 5.91 Å².